The fraction of sp³-hybridized carbons (Fsp3) is 0.391. The molecule has 0 radical (unpaired) electrons. The van der Waals surface area contributed by atoms with Crippen molar-refractivity contribution in [1.82, 2.24) is 15.5 Å². The third-order valence-electron chi connectivity index (χ3n) is 5.62. The molecule has 1 atom stereocenters. The summed E-state index contributed by atoms with van der Waals surface area (Å²) < 4.78 is 13.0. The maximum Gasteiger partial charge on any atom is 0.237 e. The molecule has 3 rings (SSSR count). The Kier molecular flexibility index (Phi) is 7.82. The van der Waals surface area contributed by atoms with Gasteiger partial charge in [-0.05, 0) is 62.2 Å². The minimum atomic E-state index is -0.289. The van der Waals surface area contributed by atoms with E-state index in [0.717, 1.165) is 11.1 Å². The SMILES string of the molecule is CC(C(=O)NCc1ccccc1Cl)N1CCC(C(=O)NCc2ccc(F)cc2)CC1. The van der Waals surface area contributed by atoms with E-state index < -0.39 is 0 Å². The Morgan fingerprint density at radius 3 is 2.40 bits per heavy atom. The fourth-order valence-electron chi connectivity index (χ4n) is 3.62. The predicted molar refractivity (Wildman–Crippen MR) is 115 cm³/mol. The molecule has 30 heavy (non-hydrogen) atoms. The minimum Gasteiger partial charge on any atom is -0.352 e. The molecule has 1 unspecified atom stereocenters. The van der Waals surface area contributed by atoms with Gasteiger partial charge in [0, 0.05) is 24.0 Å². The molecule has 1 aliphatic rings. The Hall–Kier alpha value is -2.44. The van der Waals surface area contributed by atoms with Gasteiger partial charge in [-0.15, -0.1) is 0 Å². The van der Waals surface area contributed by atoms with E-state index in [4.69, 9.17) is 11.6 Å². The molecule has 2 N–H and O–H groups in total. The molecule has 7 heteroatoms. The van der Waals surface area contributed by atoms with E-state index in [1.807, 2.05) is 25.1 Å². The van der Waals surface area contributed by atoms with Crippen LogP contribution in [0.15, 0.2) is 48.5 Å². The second-order valence-electron chi connectivity index (χ2n) is 7.64. The molecule has 1 fully saturated rings. The van der Waals surface area contributed by atoms with Crippen LogP contribution in [0.1, 0.15) is 30.9 Å². The molecule has 1 aliphatic heterocycles. The van der Waals surface area contributed by atoms with Crippen LogP contribution < -0.4 is 10.6 Å². The Balaban J connectivity index is 1.41. The normalized spacial score (nSPS) is 16.1. The molecule has 0 aliphatic carbocycles. The Morgan fingerprint density at radius 2 is 1.73 bits per heavy atom. The zero-order valence-electron chi connectivity index (χ0n) is 17.0. The van der Waals surface area contributed by atoms with Crippen LogP contribution in [-0.4, -0.2) is 35.8 Å². The van der Waals surface area contributed by atoms with Crippen molar-refractivity contribution in [3.63, 3.8) is 0 Å². The van der Waals surface area contributed by atoms with E-state index in [1.165, 1.54) is 12.1 Å². The highest BCUT2D eigenvalue weighted by Gasteiger charge is 2.29. The summed E-state index contributed by atoms with van der Waals surface area (Å²) in [6.45, 7) is 4.05. The number of rotatable bonds is 7. The smallest absolute Gasteiger partial charge is 0.237 e. The van der Waals surface area contributed by atoms with Crippen molar-refractivity contribution < 1.29 is 14.0 Å². The van der Waals surface area contributed by atoms with Crippen molar-refractivity contribution in [1.29, 1.82) is 0 Å². The van der Waals surface area contributed by atoms with Crippen molar-refractivity contribution in [3.8, 4) is 0 Å². The number of carbonyl (C=O) groups excluding carboxylic acids is 2. The lowest BCUT2D eigenvalue weighted by Gasteiger charge is -2.34. The molecule has 2 amide bonds. The van der Waals surface area contributed by atoms with Crippen LogP contribution in [0.2, 0.25) is 5.02 Å². The zero-order valence-corrected chi connectivity index (χ0v) is 17.8. The molecule has 2 aromatic rings. The van der Waals surface area contributed by atoms with Gasteiger partial charge in [0.1, 0.15) is 5.82 Å². The van der Waals surface area contributed by atoms with Gasteiger partial charge < -0.3 is 10.6 Å². The lowest BCUT2D eigenvalue weighted by Crippen LogP contribution is -2.49. The first-order valence-corrected chi connectivity index (χ1v) is 10.6. The van der Waals surface area contributed by atoms with Crippen molar-refractivity contribution in [2.24, 2.45) is 5.92 Å². The monoisotopic (exact) mass is 431 g/mol. The van der Waals surface area contributed by atoms with Gasteiger partial charge in [0.25, 0.3) is 0 Å². The Bertz CT molecular complexity index is 867. The molecular formula is C23H27ClFN3O2. The molecular weight excluding hydrogens is 405 g/mol. The average Bonchev–Trinajstić information content (AvgIpc) is 2.77. The Labute approximate surface area is 181 Å². The summed E-state index contributed by atoms with van der Waals surface area (Å²) in [7, 11) is 0. The van der Waals surface area contributed by atoms with E-state index in [0.29, 0.717) is 44.0 Å². The van der Waals surface area contributed by atoms with E-state index >= 15 is 0 Å². The van der Waals surface area contributed by atoms with Gasteiger partial charge in [-0.2, -0.15) is 0 Å². The number of likely N-dealkylation sites (tertiary alicyclic amines) is 1. The van der Waals surface area contributed by atoms with Crippen LogP contribution in [0.5, 0.6) is 0 Å². The summed E-state index contributed by atoms with van der Waals surface area (Å²) in [6.07, 6.45) is 1.41. The summed E-state index contributed by atoms with van der Waals surface area (Å²) >= 11 is 6.14. The van der Waals surface area contributed by atoms with Crippen LogP contribution >= 0.6 is 11.6 Å². The van der Waals surface area contributed by atoms with Gasteiger partial charge in [-0.25, -0.2) is 4.39 Å². The molecule has 1 heterocycles. The summed E-state index contributed by atoms with van der Waals surface area (Å²) in [6, 6.07) is 13.3. The van der Waals surface area contributed by atoms with E-state index in [2.05, 4.69) is 15.5 Å². The van der Waals surface area contributed by atoms with Crippen LogP contribution in [0.3, 0.4) is 0 Å². The maximum atomic E-state index is 13.0. The molecule has 2 aromatic carbocycles. The van der Waals surface area contributed by atoms with Gasteiger partial charge in [-0.3, -0.25) is 14.5 Å². The topological polar surface area (TPSA) is 61.4 Å². The van der Waals surface area contributed by atoms with Gasteiger partial charge in [-0.1, -0.05) is 41.9 Å². The van der Waals surface area contributed by atoms with Gasteiger partial charge in [0.05, 0.1) is 6.04 Å². The summed E-state index contributed by atoms with van der Waals surface area (Å²) in [5.41, 5.74) is 1.75. The van der Waals surface area contributed by atoms with Gasteiger partial charge in [0.2, 0.25) is 11.8 Å². The predicted octanol–water partition coefficient (Wildman–Crippen LogP) is 3.51. The van der Waals surface area contributed by atoms with Crippen LogP contribution in [0.25, 0.3) is 0 Å². The van der Waals surface area contributed by atoms with Gasteiger partial charge >= 0.3 is 0 Å². The van der Waals surface area contributed by atoms with Gasteiger partial charge in [0.15, 0.2) is 0 Å². The molecule has 0 saturated carbocycles. The first-order valence-electron chi connectivity index (χ1n) is 10.2. The fourth-order valence-corrected chi connectivity index (χ4v) is 3.82. The van der Waals surface area contributed by atoms with Crippen LogP contribution in [0.4, 0.5) is 4.39 Å². The number of hydrogen-bond acceptors (Lipinski definition) is 3. The van der Waals surface area contributed by atoms with E-state index in [-0.39, 0.29) is 29.6 Å². The number of benzene rings is 2. The highest BCUT2D eigenvalue weighted by molar-refractivity contribution is 6.31. The molecule has 160 valence electrons. The number of carbonyl (C=O) groups is 2. The summed E-state index contributed by atoms with van der Waals surface area (Å²) in [5.74, 6) is -0.397. The maximum absolute atomic E-state index is 13.0. The second-order valence-corrected chi connectivity index (χ2v) is 8.05. The number of nitrogens with zero attached hydrogens (tertiary/aromatic N) is 1. The third-order valence-corrected chi connectivity index (χ3v) is 5.99. The van der Waals surface area contributed by atoms with Crippen LogP contribution in [-0.2, 0) is 22.7 Å². The molecule has 0 aromatic heterocycles. The molecule has 0 spiro atoms. The van der Waals surface area contributed by atoms with E-state index in [9.17, 15) is 14.0 Å². The van der Waals surface area contributed by atoms with Crippen molar-refractivity contribution in [3.05, 3.63) is 70.5 Å². The zero-order chi connectivity index (χ0) is 21.5. The first kappa shape index (κ1) is 22.2. The number of nitrogens with one attached hydrogen (secondary N) is 2. The average molecular weight is 432 g/mol. The molecule has 5 nitrogen and oxygen atoms in total. The van der Waals surface area contributed by atoms with Crippen molar-refractivity contribution in [2.45, 2.75) is 38.9 Å². The minimum absolute atomic E-state index is 0.00907. The summed E-state index contributed by atoms with van der Waals surface area (Å²) in [5, 5.41) is 6.51. The largest absolute Gasteiger partial charge is 0.352 e. The van der Waals surface area contributed by atoms with Crippen molar-refractivity contribution in [2.75, 3.05) is 13.1 Å². The number of amides is 2. The van der Waals surface area contributed by atoms with Crippen LogP contribution in [0, 0.1) is 11.7 Å². The quantitative estimate of drug-likeness (QED) is 0.705. The van der Waals surface area contributed by atoms with Crippen molar-refractivity contribution >= 4 is 23.4 Å². The third kappa shape index (κ3) is 6.03. The second kappa shape index (κ2) is 10.5. The van der Waals surface area contributed by atoms with E-state index in [1.54, 1.807) is 18.2 Å². The molecule has 0 bridgehead atoms. The number of piperidine rings is 1. The highest BCUT2D eigenvalue weighted by atomic mass is 35.5. The summed E-state index contributed by atoms with van der Waals surface area (Å²) in [4.78, 5) is 27.1. The lowest BCUT2D eigenvalue weighted by atomic mass is 9.94. The number of halogens is 2. The number of hydrogen-bond donors (Lipinski definition) is 2. The highest BCUT2D eigenvalue weighted by Crippen LogP contribution is 2.20. The molecule has 1 saturated heterocycles. The first-order chi connectivity index (χ1) is 14.4. The Morgan fingerprint density at radius 1 is 1.07 bits per heavy atom. The standard InChI is InChI=1S/C23H27ClFN3O2/c1-16(22(29)27-15-19-4-2-3-5-21(19)24)28-12-10-18(11-13-28)23(30)26-14-17-6-8-20(25)9-7-17/h2-9,16,18H,10-15H2,1H3,(H,26,30)(H,27,29). The lowest BCUT2D eigenvalue weighted by molar-refractivity contribution is -0.128.